The summed E-state index contributed by atoms with van der Waals surface area (Å²) < 4.78 is 0. The summed E-state index contributed by atoms with van der Waals surface area (Å²) in [5.74, 6) is 6.98. The van der Waals surface area contributed by atoms with Crippen LogP contribution in [-0.4, -0.2) is 6.16 Å². The van der Waals surface area contributed by atoms with Gasteiger partial charge in [-0.2, -0.15) is 0 Å². The molecular formula is C25H26BrP. The predicted molar refractivity (Wildman–Crippen MR) is 117 cm³/mol. The Morgan fingerprint density at radius 1 is 0.630 bits per heavy atom. The van der Waals surface area contributed by atoms with E-state index in [-0.39, 0.29) is 17.0 Å². The van der Waals surface area contributed by atoms with E-state index in [0.29, 0.717) is 0 Å². The number of hydrogen-bond acceptors (Lipinski definition) is 0. The average molecular weight is 437 g/mol. The fraction of sp³-hybridized carbons (Fsp3) is 0.200. The highest BCUT2D eigenvalue weighted by Crippen LogP contribution is 2.54. The maximum atomic E-state index is 3.56. The van der Waals surface area contributed by atoms with Crippen LogP contribution in [0.1, 0.15) is 26.2 Å². The van der Waals surface area contributed by atoms with Gasteiger partial charge in [0.25, 0.3) is 0 Å². The van der Waals surface area contributed by atoms with Crippen LogP contribution in [0.25, 0.3) is 0 Å². The second-order valence-electron chi connectivity index (χ2n) is 6.43. The molecular weight excluding hydrogens is 411 g/mol. The molecule has 3 aromatic rings. The summed E-state index contributed by atoms with van der Waals surface area (Å²) in [5, 5.41) is 4.21. The Bertz CT molecular complexity index is 752. The van der Waals surface area contributed by atoms with Crippen LogP contribution in [0.2, 0.25) is 0 Å². The van der Waals surface area contributed by atoms with E-state index < -0.39 is 7.26 Å². The molecule has 0 unspecified atom stereocenters. The summed E-state index contributed by atoms with van der Waals surface area (Å²) in [4.78, 5) is 0. The number of benzene rings is 3. The first kappa shape index (κ1) is 21.4. The standard InChI is InChI=1S/C25H26P.BrH/c1-2-3-4-5-15-22-26(23-16-9-6-10-17-23,24-18-11-7-12-19-24)25-20-13-8-14-21-25;/h6-14,16-21H,2-4,22H2,1H3;1H/q+1;/p-1. The smallest absolute Gasteiger partial charge is 0.133 e. The van der Waals surface area contributed by atoms with Crippen LogP contribution in [0, 0.1) is 11.8 Å². The number of halogens is 1. The minimum Gasteiger partial charge on any atom is -1.00 e. The van der Waals surface area contributed by atoms with E-state index >= 15 is 0 Å². The van der Waals surface area contributed by atoms with E-state index in [1.807, 2.05) is 0 Å². The van der Waals surface area contributed by atoms with Crippen molar-refractivity contribution in [1.82, 2.24) is 0 Å². The fourth-order valence-electron chi connectivity index (χ4n) is 3.30. The van der Waals surface area contributed by atoms with E-state index in [1.54, 1.807) is 0 Å². The number of hydrogen-bond donors (Lipinski definition) is 0. The molecule has 0 heterocycles. The van der Waals surface area contributed by atoms with Gasteiger partial charge in [0.2, 0.25) is 0 Å². The molecule has 0 atom stereocenters. The van der Waals surface area contributed by atoms with Crippen LogP contribution in [0.4, 0.5) is 0 Å². The van der Waals surface area contributed by atoms with Gasteiger partial charge in [-0.05, 0) is 42.8 Å². The first-order valence-electron chi connectivity index (χ1n) is 9.38. The van der Waals surface area contributed by atoms with E-state index in [1.165, 1.54) is 28.8 Å². The number of unbranched alkanes of at least 4 members (excludes halogenated alkanes) is 2. The highest BCUT2D eigenvalue weighted by Gasteiger charge is 2.44. The van der Waals surface area contributed by atoms with Crippen molar-refractivity contribution in [2.75, 3.05) is 6.16 Å². The largest absolute Gasteiger partial charge is 1.00 e. The van der Waals surface area contributed by atoms with Crippen molar-refractivity contribution in [3.63, 3.8) is 0 Å². The quantitative estimate of drug-likeness (QED) is 0.315. The van der Waals surface area contributed by atoms with E-state index in [9.17, 15) is 0 Å². The molecule has 3 aromatic carbocycles. The minimum absolute atomic E-state index is 0. The first-order valence-corrected chi connectivity index (χ1v) is 11.4. The Hall–Kier alpha value is -1.87. The van der Waals surface area contributed by atoms with E-state index in [4.69, 9.17) is 0 Å². The molecule has 0 bridgehead atoms. The van der Waals surface area contributed by atoms with Gasteiger partial charge in [0, 0.05) is 6.42 Å². The summed E-state index contributed by atoms with van der Waals surface area (Å²) in [6, 6.07) is 32.9. The average Bonchev–Trinajstić information content (AvgIpc) is 2.73. The van der Waals surface area contributed by atoms with Crippen LogP contribution >= 0.6 is 7.26 Å². The Morgan fingerprint density at radius 2 is 1.04 bits per heavy atom. The van der Waals surface area contributed by atoms with Crippen molar-refractivity contribution in [1.29, 1.82) is 0 Å². The predicted octanol–water partition coefficient (Wildman–Crippen LogP) is 2.18. The Labute approximate surface area is 175 Å². The van der Waals surface area contributed by atoms with Gasteiger partial charge in [0.1, 0.15) is 29.3 Å². The lowest BCUT2D eigenvalue weighted by Crippen LogP contribution is -3.00. The van der Waals surface area contributed by atoms with Gasteiger partial charge in [-0.15, -0.1) is 0 Å². The van der Waals surface area contributed by atoms with E-state index in [0.717, 1.165) is 12.6 Å². The maximum absolute atomic E-state index is 3.56. The van der Waals surface area contributed by atoms with Crippen LogP contribution in [-0.2, 0) is 0 Å². The third-order valence-electron chi connectivity index (χ3n) is 4.69. The van der Waals surface area contributed by atoms with Crippen LogP contribution in [0.5, 0.6) is 0 Å². The summed E-state index contributed by atoms with van der Waals surface area (Å²) in [7, 11) is -1.78. The van der Waals surface area contributed by atoms with Gasteiger partial charge in [0.15, 0.2) is 0 Å². The molecule has 0 saturated heterocycles. The highest BCUT2D eigenvalue weighted by molar-refractivity contribution is 7.95. The van der Waals surface area contributed by atoms with Gasteiger partial charge in [0.05, 0.1) is 0 Å². The summed E-state index contributed by atoms with van der Waals surface area (Å²) in [5.41, 5.74) is 0. The Morgan fingerprint density at radius 3 is 1.41 bits per heavy atom. The van der Waals surface area contributed by atoms with Crippen molar-refractivity contribution in [2.45, 2.75) is 26.2 Å². The van der Waals surface area contributed by atoms with Gasteiger partial charge in [-0.3, -0.25) is 0 Å². The topological polar surface area (TPSA) is 0 Å². The fourth-order valence-corrected chi connectivity index (χ4v) is 7.13. The SMILES string of the molecule is CCCCC#CC[P+](c1ccccc1)(c1ccccc1)c1ccccc1.[Br-]. The van der Waals surface area contributed by atoms with Crippen molar-refractivity contribution < 1.29 is 17.0 Å². The number of rotatable bonds is 6. The lowest BCUT2D eigenvalue weighted by atomic mass is 10.3. The van der Waals surface area contributed by atoms with Gasteiger partial charge < -0.3 is 17.0 Å². The van der Waals surface area contributed by atoms with Gasteiger partial charge >= 0.3 is 0 Å². The molecule has 2 heteroatoms. The molecule has 0 fully saturated rings. The molecule has 0 aliphatic carbocycles. The molecule has 0 nitrogen and oxygen atoms in total. The molecule has 0 N–H and O–H groups in total. The summed E-state index contributed by atoms with van der Waals surface area (Å²) in [6.45, 7) is 2.22. The van der Waals surface area contributed by atoms with Crippen LogP contribution in [0.3, 0.4) is 0 Å². The van der Waals surface area contributed by atoms with Crippen LogP contribution < -0.4 is 32.9 Å². The van der Waals surface area contributed by atoms with Crippen molar-refractivity contribution in [2.24, 2.45) is 0 Å². The molecule has 0 amide bonds. The second-order valence-corrected chi connectivity index (χ2v) is 9.92. The van der Waals surface area contributed by atoms with Gasteiger partial charge in [-0.25, -0.2) is 0 Å². The monoisotopic (exact) mass is 436 g/mol. The lowest BCUT2D eigenvalue weighted by molar-refractivity contribution is -0.00000514. The molecule has 0 saturated carbocycles. The molecule has 0 aliphatic heterocycles. The lowest BCUT2D eigenvalue weighted by Gasteiger charge is -2.25. The maximum Gasteiger partial charge on any atom is 0.133 e. The summed E-state index contributed by atoms with van der Waals surface area (Å²) >= 11 is 0. The zero-order valence-electron chi connectivity index (χ0n) is 15.8. The zero-order chi connectivity index (χ0) is 18.1. The van der Waals surface area contributed by atoms with Crippen molar-refractivity contribution >= 4 is 23.2 Å². The second kappa shape index (κ2) is 11.1. The van der Waals surface area contributed by atoms with Crippen molar-refractivity contribution in [3.05, 3.63) is 91.0 Å². The molecule has 0 radical (unpaired) electrons. The van der Waals surface area contributed by atoms with Crippen LogP contribution in [0.15, 0.2) is 91.0 Å². The molecule has 0 aromatic heterocycles. The third-order valence-corrected chi connectivity index (χ3v) is 8.86. The molecule has 27 heavy (non-hydrogen) atoms. The Kier molecular flexibility index (Phi) is 8.80. The zero-order valence-corrected chi connectivity index (χ0v) is 18.3. The molecule has 3 rings (SSSR count). The van der Waals surface area contributed by atoms with E-state index in [2.05, 4.69) is 110 Å². The molecule has 138 valence electrons. The minimum atomic E-state index is -1.78. The molecule has 0 aliphatic rings. The van der Waals surface area contributed by atoms with Crippen molar-refractivity contribution in [3.8, 4) is 11.8 Å². The van der Waals surface area contributed by atoms with Gasteiger partial charge in [-0.1, -0.05) is 79.8 Å². The summed E-state index contributed by atoms with van der Waals surface area (Å²) in [6.07, 6.45) is 4.27. The third kappa shape index (κ3) is 5.10. The Balaban J connectivity index is 0.00000261. The normalized spacial score (nSPS) is 10.4. The highest BCUT2D eigenvalue weighted by atomic mass is 79.9. The molecule has 0 spiro atoms. The first-order chi connectivity index (χ1) is 12.9.